The Bertz CT molecular complexity index is 1030. The molecular weight excluding hydrogens is 463 g/mol. The van der Waals surface area contributed by atoms with Crippen LogP contribution in [0.4, 0.5) is 15.9 Å². The second kappa shape index (κ2) is 14.4. The topological polar surface area (TPSA) is 140 Å². The summed E-state index contributed by atoms with van der Waals surface area (Å²) in [5, 5.41) is 17.3. The molecule has 0 aliphatic heterocycles. The van der Waals surface area contributed by atoms with Crippen molar-refractivity contribution in [2.45, 2.75) is 11.8 Å². The second-order valence-corrected chi connectivity index (χ2v) is 7.01. The molecule has 12 heteroatoms. The third-order valence-electron chi connectivity index (χ3n) is 3.75. The Balaban J connectivity index is 0.00000121. The molecule has 32 heavy (non-hydrogen) atoms. The zero-order valence-corrected chi connectivity index (χ0v) is 19.2. The van der Waals surface area contributed by atoms with E-state index in [0.29, 0.717) is 29.4 Å². The molecule has 0 bridgehead atoms. The number of carbonyl (C=O) groups is 1. The summed E-state index contributed by atoms with van der Waals surface area (Å²) in [6.45, 7) is 2.09. The minimum absolute atomic E-state index is 0.00992. The molecule has 0 unspecified atom stereocenters. The number of benzene rings is 2. The van der Waals surface area contributed by atoms with Crippen molar-refractivity contribution in [1.82, 2.24) is 9.97 Å². The first kappa shape index (κ1) is 27.3. The normalized spacial score (nSPS) is 9.75. The van der Waals surface area contributed by atoms with Crippen LogP contribution in [-0.2, 0) is 9.53 Å². The summed E-state index contributed by atoms with van der Waals surface area (Å²) >= 11 is 7.15. The molecule has 5 N–H and O–H groups in total. The highest BCUT2D eigenvalue weighted by molar-refractivity contribution is 8.00. The van der Waals surface area contributed by atoms with Crippen molar-refractivity contribution in [2.75, 3.05) is 31.9 Å². The Morgan fingerprint density at radius 3 is 2.59 bits per heavy atom. The van der Waals surface area contributed by atoms with Crippen molar-refractivity contribution in [3.63, 3.8) is 0 Å². The molecule has 1 heterocycles. The number of hydrogen-bond donors (Lipinski definition) is 4. The first-order valence-corrected chi connectivity index (χ1v) is 10.4. The molecule has 0 saturated heterocycles. The molecule has 0 amide bonds. The molecule has 0 saturated carbocycles. The zero-order chi connectivity index (χ0) is 24.1. The SMILES string of the molecule is CCOC(=O)CSc1cc2c(Nc3ccc(F)c(Cl)c3)ncnc2cc1OC.CO.NO. The quantitative estimate of drug-likeness (QED) is 0.221. The number of rotatable bonds is 7. The lowest BCUT2D eigenvalue weighted by Gasteiger charge is -2.13. The molecule has 3 rings (SSSR count). The van der Waals surface area contributed by atoms with Crippen molar-refractivity contribution in [1.29, 1.82) is 0 Å². The molecule has 2 aromatic carbocycles. The van der Waals surface area contributed by atoms with Crippen LogP contribution in [0.3, 0.4) is 0 Å². The van der Waals surface area contributed by atoms with Gasteiger partial charge in [0, 0.05) is 24.2 Å². The largest absolute Gasteiger partial charge is 0.496 e. The number of esters is 1. The number of nitrogens with zero attached hydrogens (tertiary/aromatic N) is 2. The summed E-state index contributed by atoms with van der Waals surface area (Å²) in [5.74, 6) is 3.96. The van der Waals surface area contributed by atoms with Crippen LogP contribution in [0.15, 0.2) is 41.6 Å². The van der Waals surface area contributed by atoms with E-state index in [1.807, 2.05) is 6.07 Å². The fourth-order valence-corrected chi connectivity index (χ4v) is 3.51. The number of anilines is 2. The lowest BCUT2D eigenvalue weighted by molar-refractivity contribution is -0.139. The van der Waals surface area contributed by atoms with Crippen molar-refractivity contribution in [3.8, 4) is 5.75 Å². The lowest BCUT2D eigenvalue weighted by atomic mass is 10.2. The zero-order valence-electron chi connectivity index (χ0n) is 17.6. The van der Waals surface area contributed by atoms with Gasteiger partial charge in [-0.05, 0) is 31.2 Å². The third-order valence-corrected chi connectivity index (χ3v) is 5.05. The van der Waals surface area contributed by atoms with E-state index >= 15 is 0 Å². The number of aliphatic hydroxyl groups is 1. The van der Waals surface area contributed by atoms with Crippen molar-refractivity contribution < 1.29 is 29.0 Å². The van der Waals surface area contributed by atoms with E-state index in [2.05, 4.69) is 21.2 Å². The number of hydrogen-bond acceptors (Lipinski definition) is 10. The van der Waals surface area contributed by atoms with Crippen LogP contribution in [0, 0.1) is 5.82 Å². The number of nitrogens with one attached hydrogen (secondary N) is 1. The van der Waals surface area contributed by atoms with Gasteiger partial charge in [-0.1, -0.05) is 11.6 Å². The maximum atomic E-state index is 13.4. The highest BCUT2D eigenvalue weighted by Gasteiger charge is 2.13. The van der Waals surface area contributed by atoms with Crippen molar-refractivity contribution in [3.05, 3.63) is 47.5 Å². The fourth-order valence-electron chi connectivity index (χ4n) is 2.49. The highest BCUT2D eigenvalue weighted by atomic mass is 35.5. The molecular formula is C20H24ClFN4O5S. The molecule has 0 spiro atoms. The average molecular weight is 487 g/mol. The van der Waals surface area contributed by atoms with E-state index in [-0.39, 0.29) is 16.7 Å². The van der Waals surface area contributed by atoms with Gasteiger partial charge in [0.1, 0.15) is 23.7 Å². The highest BCUT2D eigenvalue weighted by Crippen LogP contribution is 2.35. The van der Waals surface area contributed by atoms with Gasteiger partial charge in [-0.3, -0.25) is 4.79 Å². The number of aromatic nitrogens is 2. The summed E-state index contributed by atoms with van der Waals surface area (Å²) in [6, 6.07) is 7.93. The van der Waals surface area contributed by atoms with Crippen LogP contribution in [0.2, 0.25) is 5.02 Å². The fraction of sp³-hybridized carbons (Fsp3) is 0.250. The minimum atomic E-state index is -0.498. The van der Waals surface area contributed by atoms with Crippen LogP contribution in [-0.4, -0.2) is 52.8 Å². The van der Waals surface area contributed by atoms with E-state index in [9.17, 15) is 9.18 Å². The van der Waals surface area contributed by atoms with Crippen molar-refractivity contribution in [2.24, 2.45) is 5.90 Å². The summed E-state index contributed by atoms with van der Waals surface area (Å²) in [7, 11) is 2.55. The van der Waals surface area contributed by atoms with E-state index in [1.165, 1.54) is 30.2 Å². The van der Waals surface area contributed by atoms with Crippen molar-refractivity contribution >= 4 is 51.7 Å². The summed E-state index contributed by atoms with van der Waals surface area (Å²) in [5.41, 5.74) is 1.24. The molecule has 0 atom stereocenters. The van der Waals surface area contributed by atoms with Gasteiger partial charge in [0.2, 0.25) is 0 Å². The van der Waals surface area contributed by atoms with Gasteiger partial charge in [-0.25, -0.2) is 20.3 Å². The van der Waals surface area contributed by atoms with Gasteiger partial charge in [0.25, 0.3) is 0 Å². The second-order valence-electron chi connectivity index (χ2n) is 5.59. The number of carbonyl (C=O) groups excluding carboxylic acids is 1. The van der Waals surface area contributed by atoms with Crippen LogP contribution in [0.25, 0.3) is 10.9 Å². The average Bonchev–Trinajstić information content (AvgIpc) is 2.82. The monoisotopic (exact) mass is 486 g/mol. The number of halogens is 2. The summed E-state index contributed by atoms with van der Waals surface area (Å²) < 4.78 is 23.8. The van der Waals surface area contributed by atoms with Gasteiger partial charge < -0.3 is 25.1 Å². The lowest BCUT2D eigenvalue weighted by Crippen LogP contribution is -2.06. The Morgan fingerprint density at radius 2 is 1.97 bits per heavy atom. The number of ether oxygens (including phenoxy) is 2. The maximum Gasteiger partial charge on any atom is 0.316 e. The number of thioether (sulfide) groups is 1. The number of aliphatic hydroxyl groups excluding tert-OH is 1. The first-order valence-electron chi connectivity index (χ1n) is 9.05. The van der Waals surface area contributed by atoms with Crippen LogP contribution < -0.4 is 16.0 Å². The van der Waals surface area contributed by atoms with Gasteiger partial charge in [-0.2, -0.15) is 0 Å². The van der Waals surface area contributed by atoms with Gasteiger partial charge >= 0.3 is 5.97 Å². The van der Waals surface area contributed by atoms with E-state index in [4.69, 9.17) is 31.4 Å². The molecule has 0 aliphatic rings. The van der Waals surface area contributed by atoms with E-state index < -0.39 is 5.82 Å². The Hall–Kier alpha value is -2.70. The Morgan fingerprint density at radius 1 is 1.25 bits per heavy atom. The molecule has 174 valence electrons. The van der Waals surface area contributed by atoms with Crippen LogP contribution in [0.1, 0.15) is 6.92 Å². The predicted molar refractivity (Wildman–Crippen MR) is 122 cm³/mol. The standard InChI is InChI=1S/C19H17ClFN3O3S.CH4O.H3NO/c1-3-27-18(25)9-28-17-7-12-15(8-16(17)26-2)22-10-23-19(12)24-11-4-5-14(21)13(20)6-11;2*1-2/h4-8,10H,3,9H2,1-2H3,(H,22,23,24);2H,1H3;2H,1H2. The molecule has 9 nitrogen and oxygen atoms in total. The molecule has 3 aromatic rings. The Labute approximate surface area is 193 Å². The van der Waals surface area contributed by atoms with Gasteiger partial charge in [-0.15, -0.1) is 11.8 Å². The molecule has 1 aromatic heterocycles. The number of methoxy groups -OCH3 is 1. The minimum Gasteiger partial charge on any atom is -0.496 e. The molecule has 0 aliphatic carbocycles. The first-order chi connectivity index (χ1) is 15.5. The van der Waals surface area contributed by atoms with Gasteiger partial charge in [0.15, 0.2) is 0 Å². The summed E-state index contributed by atoms with van der Waals surface area (Å²) in [6.07, 6.45) is 1.42. The Kier molecular flexibility index (Phi) is 12.3. The smallest absolute Gasteiger partial charge is 0.316 e. The summed E-state index contributed by atoms with van der Waals surface area (Å²) in [4.78, 5) is 21.0. The van der Waals surface area contributed by atoms with Gasteiger partial charge in [0.05, 0.1) is 34.9 Å². The van der Waals surface area contributed by atoms with E-state index in [0.717, 1.165) is 17.4 Å². The third kappa shape index (κ3) is 7.46. The molecule has 0 fully saturated rings. The van der Waals surface area contributed by atoms with Crippen LogP contribution in [0.5, 0.6) is 5.75 Å². The number of fused-ring (bicyclic) bond motifs is 1. The predicted octanol–water partition coefficient (Wildman–Crippen LogP) is 3.77. The van der Waals surface area contributed by atoms with Crippen LogP contribution >= 0.6 is 23.4 Å². The molecule has 0 radical (unpaired) electrons. The maximum absolute atomic E-state index is 13.4. The number of nitrogens with two attached hydrogens (primary N) is 1. The van der Waals surface area contributed by atoms with E-state index in [1.54, 1.807) is 26.2 Å².